The van der Waals surface area contributed by atoms with Gasteiger partial charge in [-0.25, -0.2) is 0 Å². The molecule has 0 saturated heterocycles. The number of nitrogens with one attached hydrogen (secondary N) is 1. The number of hydrogen-bond acceptors (Lipinski definition) is 3. The average Bonchev–Trinajstić information content (AvgIpc) is 2.41. The van der Waals surface area contributed by atoms with E-state index < -0.39 is 0 Å². The highest BCUT2D eigenvalue weighted by molar-refractivity contribution is 5.70. The van der Waals surface area contributed by atoms with Crippen molar-refractivity contribution >= 4 is 11.4 Å². The van der Waals surface area contributed by atoms with E-state index in [1.807, 2.05) is 43.3 Å². The SMILES string of the molecule is COc1cccc(Nc2c(C)cccc2C#N)c1. The van der Waals surface area contributed by atoms with Crippen molar-refractivity contribution in [3.63, 3.8) is 0 Å². The van der Waals surface area contributed by atoms with Gasteiger partial charge < -0.3 is 10.1 Å². The Morgan fingerprint density at radius 2 is 1.94 bits per heavy atom. The molecule has 18 heavy (non-hydrogen) atoms. The Bertz CT molecular complexity index is 600. The molecule has 0 heterocycles. The Kier molecular flexibility index (Phi) is 3.49. The monoisotopic (exact) mass is 238 g/mol. The van der Waals surface area contributed by atoms with Crippen LogP contribution in [0.2, 0.25) is 0 Å². The lowest BCUT2D eigenvalue weighted by atomic mass is 10.1. The number of ether oxygens (including phenoxy) is 1. The highest BCUT2D eigenvalue weighted by Gasteiger charge is 2.05. The summed E-state index contributed by atoms with van der Waals surface area (Å²) >= 11 is 0. The summed E-state index contributed by atoms with van der Waals surface area (Å²) in [6.07, 6.45) is 0. The van der Waals surface area contributed by atoms with Crippen LogP contribution in [0.3, 0.4) is 0 Å². The molecule has 2 aromatic rings. The third-order valence-corrected chi connectivity index (χ3v) is 2.73. The molecule has 0 aliphatic rings. The van der Waals surface area contributed by atoms with Crippen molar-refractivity contribution in [3.8, 4) is 11.8 Å². The van der Waals surface area contributed by atoms with Gasteiger partial charge in [-0.15, -0.1) is 0 Å². The molecule has 0 bridgehead atoms. The van der Waals surface area contributed by atoms with Crippen molar-refractivity contribution in [3.05, 3.63) is 53.6 Å². The molecule has 0 amide bonds. The number of methoxy groups -OCH3 is 1. The molecule has 2 aromatic carbocycles. The Morgan fingerprint density at radius 1 is 1.17 bits per heavy atom. The van der Waals surface area contributed by atoms with Crippen LogP contribution in [0.15, 0.2) is 42.5 Å². The first-order chi connectivity index (χ1) is 8.74. The number of anilines is 2. The van der Waals surface area contributed by atoms with Gasteiger partial charge in [0.15, 0.2) is 0 Å². The fraction of sp³-hybridized carbons (Fsp3) is 0.133. The number of hydrogen-bond donors (Lipinski definition) is 1. The number of aryl methyl sites for hydroxylation is 1. The van der Waals surface area contributed by atoms with Crippen molar-refractivity contribution in [1.82, 2.24) is 0 Å². The third-order valence-electron chi connectivity index (χ3n) is 2.73. The zero-order valence-electron chi connectivity index (χ0n) is 10.4. The van der Waals surface area contributed by atoms with Crippen LogP contribution in [0.25, 0.3) is 0 Å². The topological polar surface area (TPSA) is 45.0 Å². The molecule has 0 unspecified atom stereocenters. The number of nitrogens with zero attached hydrogens (tertiary/aromatic N) is 1. The highest BCUT2D eigenvalue weighted by atomic mass is 16.5. The number of para-hydroxylation sites is 1. The van der Waals surface area contributed by atoms with Crippen LogP contribution >= 0.6 is 0 Å². The molecular weight excluding hydrogens is 224 g/mol. The van der Waals surface area contributed by atoms with E-state index in [-0.39, 0.29) is 0 Å². The van der Waals surface area contributed by atoms with Crippen LogP contribution in [0.4, 0.5) is 11.4 Å². The van der Waals surface area contributed by atoms with E-state index in [1.165, 1.54) is 0 Å². The van der Waals surface area contributed by atoms with Crippen molar-refractivity contribution in [2.75, 3.05) is 12.4 Å². The summed E-state index contributed by atoms with van der Waals surface area (Å²) in [6.45, 7) is 1.98. The Hall–Kier alpha value is -2.47. The van der Waals surface area contributed by atoms with Gasteiger partial charge in [0.05, 0.1) is 18.4 Å². The Morgan fingerprint density at radius 3 is 2.67 bits per heavy atom. The van der Waals surface area contributed by atoms with Gasteiger partial charge in [-0.2, -0.15) is 5.26 Å². The minimum Gasteiger partial charge on any atom is -0.497 e. The van der Waals surface area contributed by atoms with Crippen LogP contribution in [0.1, 0.15) is 11.1 Å². The van der Waals surface area contributed by atoms with Gasteiger partial charge in [-0.05, 0) is 30.7 Å². The molecule has 3 nitrogen and oxygen atoms in total. The van der Waals surface area contributed by atoms with Crippen LogP contribution in [0, 0.1) is 18.3 Å². The maximum Gasteiger partial charge on any atom is 0.120 e. The van der Waals surface area contributed by atoms with Crippen LogP contribution in [-0.2, 0) is 0 Å². The molecule has 0 saturated carbocycles. The Labute approximate surface area is 107 Å². The molecule has 3 heteroatoms. The largest absolute Gasteiger partial charge is 0.497 e. The fourth-order valence-corrected chi connectivity index (χ4v) is 1.77. The van der Waals surface area contributed by atoms with Gasteiger partial charge in [-0.1, -0.05) is 18.2 Å². The predicted molar refractivity (Wildman–Crippen MR) is 72.2 cm³/mol. The summed E-state index contributed by atoms with van der Waals surface area (Å²) in [5, 5.41) is 12.4. The molecule has 90 valence electrons. The second kappa shape index (κ2) is 5.24. The van der Waals surface area contributed by atoms with Crippen LogP contribution in [0.5, 0.6) is 5.75 Å². The maximum atomic E-state index is 9.11. The summed E-state index contributed by atoms with van der Waals surface area (Å²) in [7, 11) is 1.63. The second-order valence-electron chi connectivity index (χ2n) is 3.97. The first kappa shape index (κ1) is 12.0. The zero-order chi connectivity index (χ0) is 13.0. The minimum atomic E-state index is 0.637. The van der Waals surface area contributed by atoms with E-state index in [9.17, 15) is 0 Å². The first-order valence-corrected chi connectivity index (χ1v) is 5.65. The average molecular weight is 238 g/mol. The van der Waals surface area contributed by atoms with Crippen LogP contribution < -0.4 is 10.1 Å². The number of rotatable bonds is 3. The first-order valence-electron chi connectivity index (χ1n) is 5.65. The van der Waals surface area contributed by atoms with Gasteiger partial charge in [0.25, 0.3) is 0 Å². The normalized spacial score (nSPS) is 9.61. The molecule has 0 spiro atoms. The molecule has 0 radical (unpaired) electrons. The lowest BCUT2D eigenvalue weighted by Crippen LogP contribution is -1.96. The molecule has 0 atom stereocenters. The standard InChI is InChI=1S/C15H14N2O/c1-11-5-3-6-12(10-16)15(11)17-13-7-4-8-14(9-13)18-2/h3-9,17H,1-2H3. The van der Waals surface area contributed by atoms with E-state index in [4.69, 9.17) is 10.00 Å². The molecule has 2 rings (SSSR count). The summed E-state index contributed by atoms with van der Waals surface area (Å²) in [5.74, 6) is 0.784. The van der Waals surface area contributed by atoms with Crippen LogP contribution in [-0.4, -0.2) is 7.11 Å². The van der Waals surface area contributed by atoms with Gasteiger partial charge in [0, 0.05) is 11.8 Å². The molecule has 1 N–H and O–H groups in total. The molecule has 0 aliphatic carbocycles. The molecule has 0 aliphatic heterocycles. The summed E-state index contributed by atoms with van der Waals surface area (Å²) in [4.78, 5) is 0. The minimum absolute atomic E-state index is 0.637. The lowest BCUT2D eigenvalue weighted by Gasteiger charge is -2.12. The van der Waals surface area contributed by atoms with Gasteiger partial charge in [-0.3, -0.25) is 0 Å². The predicted octanol–water partition coefficient (Wildman–Crippen LogP) is 3.62. The fourth-order valence-electron chi connectivity index (χ4n) is 1.77. The smallest absolute Gasteiger partial charge is 0.120 e. The molecule has 0 aromatic heterocycles. The Balaban J connectivity index is 2.37. The van der Waals surface area contributed by atoms with Gasteiger partial charge >= 0.3 is 0 Å². The zero-order valence-corrected chi connectivity index (χ0v) is 10.4. The van der Waals surface area contributed by atoms with E-state index in [1.54, 1.807) is 13.2 Å². The quantitative estimate of drug-likeness (QED) is 0.888. The summed E-state index contributed by atoms with van der Waals surface area (Å²) < 4.78 is 5.17. The maximum absolute atomic E-state index is 9.11. The van der Waals surface area contributed by atoms with E-state index in [0.29, 0.717) is 5.56 Å². The number of benzene rings is 2. The van der Waals surface area contributed by atoms with Crippen molar-refractivity contribution < 1.29 is 4.74 Å². The molecular formula is C15H14N2O. The summed E-state index contributed by atoms with van der Waals surface area (Å²) in [5.41, 5.74) is 3.42. The van der Waals surface area contributed by atoms with E-state index in [2.05, 4.69) is 11.4 Å². The van der Waals surface area contributed by atoms with E-state index >= 15 is 0 Å². The van der Waals surface area contributed by atoms with Gasteiger partial charge in [0.2, 0.25) is 0 Å². The second-order valence-corrected chi connectivity index (χ2v) is 3.97. The van der Waals surface area contributed by atoms with E-state index in [0.717, 1.165) is 22.7 Å². The van der Waals surface area contributed by atoms with Gasteiger partial charge in [0.1, 0.15) is 11.8 Å². The third kappa shape index (κ3) is 2.44. The summed E-state index contributed by atoms with van der Waals surface area (Å²) in [6, 6.07) is 15.5. The molecule has 0 fully saturated rings. The highest BCUT2D eigenvalue weighted by Crippen LogP contribution is 2.26. The van der Waals surface area contributed by atoms with Crippen molar-refractivity contribution in [2.24, 2.45) is 0 Å². The van der Waals surface area contributed by atoms with Crippen molar-refractivity contribution in [2.45, 2.75) is 6.92 Å². The lowest BCUT2D eigenvalue weighted by molar-refractivity contribution is 0.415. The number of nitriles is 1. The van der Waals surface area contributed by atoms with Crippen molar-refractivity contribution in [1.29, 1.82) is 5.26 Å².